The minimum Gasteiger partial charge on any atom is -0.373 e. The molecule has 1 aliphatic rings. The molecule has 0 aromatic carbocycles. The van der Waals surface area contributed by atoms with E-state index >= 15 is 0 Å². The van der Waals surface area contributed by atoms with E-state index in [-0.39, 0.29) is 0 Å². The van der Waals surface area contributed by atoms with Gasteiger partial charge in [-0.15, -0.1) is 6.58 Å². The maximum atomic E-state index is 5.91. The lowest BCUT2D eigenvalue weighted by molar-refractivity contribution is -0.0956. The van der Waals surface area contributed by atoms with E-state index in [1.807, 2.05) is 6.08 Å². The Morgan fingerprint density at radius 1 is 1.36 bits per heavy atom. The van der Waals surface area contributed by atoms with Crippen LogP contribution in [-0.4, -0.2) is 12.7 Å². The largest absolute Gasteiger partial charge is 0.373 e. The van der Waals surface area contributed by atoms with E-state index in [1.165, 1.54) is 12.8 Å². The molecule has 0 saturated heterocycles. The summed E-state index contributed by atoms with van der Waals surface area (Å²) in [7, 11) is 0. The van der Waals surface area contributed by atoms with E-state index < -0.39 is 0 Å². The topological polar surface area (TPSA) is 9.23 Å². The van der Waals surface area contributed by atoms with Gasteiger partial charge in [-0.2, -0.15) is 0 Å². The highest BCUT2D eigenvalue weighted by molar-refractivity contribution is 4.92. The van der Waals surface area contributed by atoms with E-state index in [0.29, 0.717) is 24.0 Å². The average molecular weight is 196 g/mol. The zero-order chi connectivity index (χ0) is 10.8. The third-order valence-electron chi connectivity index (χ3n) is 3.97. The Kier molecular flexibility index (Phi) is 3.77. The summed E-state index contributed by atoms with van der Waals surface area (Å²) in [5, 5.41) is 0. The van der Waals surface area contributed by atoms with Crippen molar-refractivity contribution in [1.29, 1.82) is 0 Å². The molecule has 0 N–H and O–H groups in total. The molecule has 1 fully saturated rings. The van der Waals surface area contributed by atoms with Crippen molar-refractivity contribution in [3.8, 4) is 0 Å². The minimum atomic E-state index is 0.306. The smallest absolute Gasteiger partial charge is 0.0658 e. The Balaban J connectivity index is 2.69. The molecule has 1 rings (SSSR count). The van der Waals surface area contributed by atoms with Crippen molar-refractivity contribution in [1.82, 2.24) is 0 Å². The molecule has 14 heavy (non-hydrogen) atoms. The van der Waals surface area contributed by atoms with Crippen LogP contribution in [0, 0.1) is 17.3 Å². The van der Waals surface area contributed by atoms with E-state index in [2.05, 4.69) is 34.3 Å². The Labute approximate surface area is 88.5 Å². The molecule has 0 aromatic rings. The van der Waals surface area contributed by atoms with Crippen molar-refractivity contribution in [3.05, 3.63) is 12.7 Å². The number of ether oxygens (including phenoxy) is 1. The van der Waals surface area contributed by atoms with Crippen LogP contribution in [0.3, 0.4) is 0 Å². The van der Waals surface area contributed by atoms with Gasteiger partial charge in [0.25, 0.3) is 0 Å². The van der Waals surface area contributed by atoms with Crippen LogP contribution in [-0.2, 0) is 4.74 Å². The van der Waals surface area contributed by atoms with Crippen LogP contribution in [0.5, 0.6) is 0 Å². The van der Waals surface area contributed by atoms with E-state index in [1.54, 1.807) is 0 Å². The monoisotopic (exact) mass is 196 g/mol. The highest BCUT2D eigenvalue weighted by Gasteiger charge is 2.42. The lowest BCUT2D eigenvalue weighted by atomic mass is 9.64. The second-order valence-corrected chi connectivity index (χ2v) is 5.32. The highest BCUT2D eigenvalue weighted by Crippen LogP contribution is 2.44. The van der Waals surface area contributed by atoms with Gasteiger partial charge in [0, 0.05) is 0 Å². The molecule has 0 unspecified atom stereocenters. The fourth-order valence-electron chi connectivity index (χ4n) is 2.60. The summed E-state index contributed by atoms with van der Waals surface area (Å²) in [6.45, 7) is 13.7. The molecule has 3 atom stereocenters. The number of hydrogen-bond acceptors (Lipinski definition) is 1. The van der Waals surface area contributed by atoms with Gasteiger partial charge in [0.05, 0.1) is 12.7 Å². The molecule has 0 spiro atoms. The molecule has 0 bridgehead atoms. The third kappa shape index (κ3) is 2.20. The maximum absolute atomic E-state index is 5.91. The van der Waals surface area contributed by atoms with Gasteiger partial charge >= 0.3 is 0 Å². The first kappa shape index (κ1) is 11.8. The van der Waals surface area contributed by atoms with Gasteiger partial charge < -0.3 is 4.74 Å². The SMILES string of the molecule is C=CCO[C@H]1[C@H](C)CC[C@@H](C)C1(C)C. The molecule has 1 heteroatoms. The number of hydrogen-bond donors (Lipinski definition) is 0. The summed E-state index contributed by atoms with van der Waals surface area (Å²) >= 11 is 0. The van der Waals surface area contributed by atoms with Crippen molar-refractivity contribution >= 4 is 0 Å². The predicted molar refractivity (Wildman–Crippen MR) is 61.3 cm³/mol. The average Bonchev–Trinajstić information content (AvgIpc) is 2.12. The van der Waals surface area contributed by atoms with Gasteiger partial charge in [0.15, 0.2) is 0 Å². The van der Waals surface area contributed by atoms with Crippen LogP contribution in [0.4, 0.5) is 0 Å². The van der Waals surface area contributed by atoms with Gasteiger partial charge in [0.1, 0.15) is 0 Å². The van der Waals surface area contributed by atoms with E-state index in [9.17, 15) is 0 Å². The summed E-state index contributed by atoms with van der Waals surface area (Å²) in [4.78, 5) is 0. The quantitative estimate of drug-likeness (QED) is 0.626. The summed E-state index contributed by atoms with van der Waals surface area (Å²) in [6, 6.07) is 0. The van der Waals surface area contributed by atoms with Crippen molar-refractivity contribution < 1.29 is 4.74 Å². The van der Waals surface area contributed by atoms with Crippen LogP contribution in [0.15, 0.2) is 12.7 Å². The van der Waals surface area contributed by atoms with Crippen molar-refractivity contribution in [3.63, 3.8) is 0 Å². The lowest BCUT2D eigenvalue weighted by Gasteiger charge is -2.46. The first-order chi connectivity index (χ1) is 6.50. The Bertz CT molecular complexity index is 195. The lowest BCUT2D eigenvalue weighted by Crippen LogP contribution is -2.45. The predicted octanol–water partition coefficient (Wildman–Crippen LogP) is 3.65. The molecule has 0 aromatic heterocycles. The van der Waals surface area contributed by atoms with Gasteiger partial charge in [-0.1, -0.05) is 33.8 Å². The van der Waals surface area contributed by atoms with Gasteiger partial charge in [0.2, 0.25) is 0 Å². The third-order valence-corrected chi connectivity index (χ3v) is 3.97. The van der Waals surface area contributed by atoms with Gasteiger partial charge in [-0.25, -0.2) is 0 Å². The Hall–Kier alpha value is -0.300. The van der Waals surface area contributed by atoms with Crippen molar-refractivity contribution in [2.24, 2.45) is 17.3 Å². The van der Waals surface area contributed by atoms with Crippen LogP contribution in [0.25, 0.3) is 0 Å². The Morgan fingerprint density at radius 3 is 2.57 bits per heavy atom. The van der Waals surface area contributed by atoms with Crippen LogP contribution >= 0.6 is 0 Å². The zero-order valence-corrected chi connectivity index (χ0v) is 10.0. The molecule has 1 saturated carbocycles. The van der Waals surface area contributed by atoms with Crippen LogP contribution in [0.1, 0.15) is 40.5 Å². The van der Waals surface area contributed by atoms with Crippen LogP contribution in [0.2, 0.25) is 0 Å². The molecule has 1 aliphatic carbocycles. The summed E-state index contributed by atoms with van der Waals surface area (Å²) < 4.78 is 5.91. The summed E-state index contributed by atoms with van der Waals surface area (Å²) in [5.41, 5.74) is 0.306. The molecule has 82 valence electrons. The van der Waals surface area contributed by atoms with E-state index in [0.717, 1.165) is 5.92 Å². The first-order valence-corrected chi connectivity index (χ1v) is 5.72. The van der Waals surface area contributed by atoms with E-state index in [4.69, 9.17) is 4.74 Å². The highest BCUT2D eigenvalue weighted by atomic mass is 16.5. The minimum absolute atomic E-state index is 0.306. The standard InChI is InChI=1S/C13H24O/c1-6-9-14-12-10(2)7-8-11(3)13(12,4)5/h6,10-12H,1,7-9H2,2-5H3/t10-,11-,12+/m1/s1. The molecule has 0 radical (unpaired) electrons. The van der Waals surface area contributed by atoms with Crippen molar-refractivity contribution in [2.45, 2.75) is 46.6 Å². The van der Waals surface area contributed by atoms with Gasteiger partial charge in [-0.05, 0) is 30.1 Å². The summed E-state index contributed by atoms with van der Waals surface area (Å²) in [5.74, 6) is 1.44. The fourth-order valence-corrected chi connectivity index (χ4v) is 2.60. The van der Waals surface area contributed by atoms with Gasteiger partial charge in [-0.3, -0.25) is 0 Å². The molecule has 0 aliphatic heterocycles. The Morgan fingerprint density at radius 2 is 2.00 bits per heavy atom. The zero-order valence-electron chi connectivity index (χ0n) is 10.0. The molecule has 1 nitrogen and oxygen atoms in total. The molecule has 0 amide bonds. The molecule has 0 heterocycles. The maximum Gasteiger partial charge on any atom is 0.0658 e. The second-order valence-electron chi connectivity index (χ2n) is 5.32. The first-order valence-electron chi connectivity index (χ1n) is 5.72. The second kappa shape index (κ2) is 4.48. The van der Waals surface area contributed by atoms with Crippen molar-refractivity contribution in [2.75, 3.05) is 6.61 Å². The normalized spacial score (nSPS) is 36.7. The summed E-state index contributed by atoms with van der Waals surface area (Å²) in [6.07, 6.45) is 4.88. The molecular formula is C13H24O. The van der Waals surface area contributed by atoms with Crippen LogP contribution < -0.4 is 0 Å². The number of rotatable bonds is 3. The fraction of sp³-hybridized carbons (Fsp3) is 0.846. The molecular weight excluding hydrogens is 172 g/mol.